The maximum absolute atomic E-state index is 12.8. The lowest BCUT2D eigenvalue weighted by atomic mass is 10.1. The maximum Gasteiger partial charge on any atom is 0.319 e. The first-order valence-electron chi connectivity index (χ1n) is 10.4. The predicted octanol–water partition coefficient (Wildman–Crippen LogP) is 3.69. The molecule has 2 aromatic rings. The van der Waals surface area contributed by atoms with E-state index in [-0.39, 0.29) is 18.0 Å². The van der Waals surface area contributed by atoms with Gasteiger partial charge in [0.1, 0.15) is 0 Å². The number of hydrogen-bond donors (Lipinski definition) is 2. The average Bonchev–Trinajstić information content (AvgIpc) is 2.74. The van der Waals surface area contributed by atoms with Crippen molar-refractivity contribution in [3.05, 3.63) is 71.8 Å². The molecule has 1 heterocycles. The van der Waals surface area contributed by atoms with Crippen LogP contribution in [0, 0.1) is 0 Å². The maximum atomic E-state index is 12.8. The Morgan fingerprint density at radius 1 is 0.967 bits per heavy atom. The lowest BCUT2D eigenvalue weighted by Gasteiger charge is -2.34. The van der Waals surface area contributed by atoms with Crippen molar-refractivity contribution in [3.8, 4) is 0 Å². The molecule has 0 bridgehead atoms. The van der Waals surface area contributed by atoms with Crippen LogP contribution in [0.5, 0.6) is 0 Å². The molecule has 0 unspecified atom stereocenters. The van der Waals surface area contributed by atoms with Gasteiger partial charge in [-0.15, -0.1) is 0 Å². The molecule has 1 aliphatic heterocycles. The van der Waals surface area contributed by atoms with E-state index >= 15 is 0 Å². The predicted molar refractivity (Wildman–Crippen MR) is 122 cm³/mol. The van der Waals surface area contributed by atoms with Gasteiger partial charge >= 0.3 is 6.03 Å². The topological polar surface area (TPSA) is 64.7 Å². The fourth-order valence-corrected chi connectivity index (χ4v) is 3.34. The first kappa shape index (κ1) is 21.6. The van der Waals surface area contributed by atoms with Gasteiger partial charge in [0.05, 0.1) is 0 Å². The van der Waals surface area contributed by atoms with Crippen molar-refractivity contribution in [3.63, 3.8) is 0 Å². The number of urea groups is 1. The van der Waals surface area contributed by atoms with Crippen LogP contribution in [-0.4, -0.2) is 60.5 Å². The van der Waals surface area contributed by atoms with Crippen LogP contribution in [0.25, 0.3) is 6.08 Å². The van der Waals surface area contributed by atoms with Crippen LogP contribution in [0.1, 0.15) is 29.8 Å². The molecule has 3 rings (SSSR count). The van der Waals surface area contributed by atoms with Crippen LogP contribution in [0.15, 0.2) is 60.7 Å². The molecule has 0 spiro atoms. The molecule has 6 nitrogen and oxygen atoms in total. The van der Waals surface area contributed by atoms with Gasteiger partial charge in [-0.25, -0.2) is 4.79 Å². The third kappa shape index (κ3) is 6.46. The molecule has 0 aliphatic carbocycles. The second-order valence-corrected chi connectivity index (χ2v) is 7.74. The van der Waals surface area contributed by atoms with Gasteiger partial charge in [0.25, 0.3) is 5.91 Å². The van der Waals surface area contributed by atoms with Gasteiger partial charge in [-0.1, -0.05) is 42.5 Å². The number of anilines is 1. The summed E-state index contributed by atoms with van der Waals surface area (Å²) in [5, 5.41) is 5.54. The summed E-state index contributed by atoms with van der Waals surface area (Å²) in [6.45, 7) is 7.85. The fraction of sp³-hybridized carbons (Fsp3) is 0.333. The zero-order valence-corrected chi connectivity index (χ0v) is 17.7. The summed E-state index contributed by atoms with van der Waals surface area (Å²) in [4.78, 5) is 28.8. The Morgan fingerprint density at radius 2 is 1.63 bits per heavy atom. The zero-order valence-electron chi connectivity index (χ0n) is 17.7. The van der Waals surface area contributed by atoms with Gasteiger partial charge < -0.3 is 15.5 Å². The molecule has 0 saturated carbocycles. The lowest BCUT2D eigenvalue weighted by molar-refractivity contribution is 0.0650. The van der Waals surface area contributed by atoms with Gasteiger partial charge in [0.2, 0.25) is 0 Å². The molecule has 30 heavy (non-hydrogen) atoms. The van der Waals surface area contributed by atoms with Gasteiger partial charge in [-0.05, 0) is 43.7 Å². The van der Waals surface area contributed by atoms with Crippen molar-refractivity contribution in [1.29, 1.82) is 0 Å². The van der Waals surface area contributed by atoms with E-state index in [1.807, 2.05) is 36.9 Å². The van der Waals surface area contributed by atoms with Crippen LogP contribution >= 0.6 is 0 Å². The smallest absolute Gasteiger partial charge is 0.319 e. The lowest BCUT2D eigenvalue weighted by Crippen LogP contribution is -2.48. The van der Waals surface area contributed by atoms with Crippen molar-refractivity contribution < 1.29 is 9.59 Å². The Hall–Kier alpha value is -3.12. The summed E-state index contributed by atoms with van der Waals surface area (Å²) in [6.07, 6.45) is 4.31. The number of nitrogens with one attached hydrogen (secondary N) is 2. The molecule has 1 saturated heterocycles. The van der Waals surface area contributed by atoms with Gasteiger partial charge in [0.15, 0.2) is 0 Å². The minimum absolute atomic E-state index is 0.0349. The third-order valence-electron chi connectivity index (χ3n) is 4.94. The molecular formula is C24H30N4O2. The second kappa shape index (κ2) is 10.6. The van der Waals surface area contributed by atoms with E-state index in [1.165, 1.54) is 5.56 Å². The van der Waals surface area contributed by atoms with Crippen LogP contribution in [-0.2, 0) is 0 Å². The molecule has 1 fully saturated rings. The fourth-order valence-electron chi connectivity index (χ4n) is 3.34. The number of hydrogen-bond acceptors (Lipinski definition) is 3. The van der Waals surface area contributed by atoms with Crippen LogP contribution < -0.4 is 10.6 Å². The van der Waals surface area contributed by atoms with Gasteiger partial charge in [-0.3, -0.25) is 9.69 Å². The number of carbonyl (C=O) groups excluding carboxylic acids is 2. The summed E-state index contributed by atoms with van der Waals surface area (Å²) in [7, 11) is 0. The number of amides is 3. The molecular weight excluding hydrogens is 376 g/mol. The monoisotopic (exact) mass is 406 g/mol. The minimum Gasteiger partial charge on any atom is -0.336 e. The Labute approximate surface area is 178 Å². The highest BCUT2D eigenvalue weighted by Crippen LogP contribution is 2.13. The first-order valence-corrected chi connectivity index (χ1v) is 10.4. The molecule has 158 valence electrons. The minimum atomic E-state index is -0.249. The van der Waals surface area contributed by atoms with E-state index in [4.69, 9.17) is 0 Å². The van der Waals surface area contributed by atoms with Crippen LogP contribution in [0.4, 0.5) is 10.5 Å². The highest BCUT2D eigenvalue weighted by Gasteiger charge is 2.21. The summed E-state index contributed by atoms with van der Waals surface area (Å²) < 4.78 is 0. The highest BCUT2D eigenvalue weighted by atomic mass is 16.2. The van der Waals surface area contributed by atoms with Gasteiger partial charge in [-0.2, -0.15) is 0 Å². The molecule has 6 heteroatoms. The van der Waals surface area contributed by atoms with Crippen molar-refractivity contribution in [2.75, 3.05) is 38.0 Å². The molecule has 2 aromatic carbocycles. The second-order valence-electron chi connectivity index (χ2n) is 7.74. The largest absolute Gasteiger partial charge is 0.336 e. The number of carbonyl (C=O) groups is 2. The van der Waals surface area contributed by atoms with Crippen LogP contribution in [0.3, 0.4) is 0 Å². The van der Waals surface area contributed by atoms with Crippen molar-refractivity contribution in [1.82, 2.24) is 15.1 Å². The molecule has 0 radical (unpaired) electrons. The average molecular weight is 407 g/mol. The molecule has 0 atom stereocenters. The first-order chi connectivity index (χ1) is 14.5. The normalized spacial score (nSPS) is 14.8. The zero-order chi connectivity index (χ0) is 21.3. The van der Waals surface area contributed by atoms with Crippen molar-refractivity contribution in [2.24, 2.45) is 0 Å². The Morgan fingerprint density at radius 3 is 2.27 bits per heavy atom. The van der Waals surface area contributed by atoms with E-state index in [9.17, 15) is 9.59 Å². The van der Waals surface area contributed by atoms with Gasteiger partial charge in [0, 0.05) is 50.0 Å². The molecule has 0 aromatic heterocycles. The van der Waals surface area contributed by atoms with E-state index in [1.54, 1.807) is 24.3 Å². The SMILES string of the molecule is CC(C)NC(=O)Nc1ccc(C(=O)N2CCN(CC=Cc3ccccc3)CC2)cc1. The van der Waals surface area contributed by atoms with Crippen molar-refractivity contribution in [2.45, 2.75) is 19.9 Å². The van der Waals surface area contributed by atoms with Crippen molar-refractivity contribution >= 4 is 23.7 Å². The quantitative estimate of drug-likeness (QED) is 0.769. The van der Waals surface area contributed by atoms with E-state index in [0.717, 1.165) is 32.7 Å². The number of nitrogens with zero attached hydrogens (tertiary/aromatic N) is 2. The number of benzene rings is 2. The van der Waals surface area contributed by atoms with E-state index in [0.29, 0.717) is 11.3 Å². The third-order valence-corrected chi connectivity index (χ3v) is 4.94. The summed E-state index contributed by atoms with van der Waals surface area (Å²) >= 11 is 0. The summed E-state index contributed by atoms with van der Waals surface area (Å²) in [5.74, 6) is 0.0349. The Bertz CT molecular complexity index is 855. The highest BCUT2D eigenvalue weighted by molar-refractivity contribution is 5.95. The van der Waals surface area contributed by atoms with E-state index < -0.39 is 0 Å². The Kier molecular flexibility index (Phi) is 7.63. The van der Waals surface area contributed by atoms with Crippen LogP contribution in [0.2, 0.25) is 0 Å². The molecule has 2 N–H and O–H groups in total. The number of piperazine rings is 1. The summed E-state index contributed by atoms with van der Waals surface area (Å²) in [5.41, 5.74) is 2.51. The number of rotatable bonds is 6. The molecule has 1 aliphatic rings. The van der Waals surface area contributed by atoms with E-state index in [2.05, 4.69) is 39.8 Å². The Balaban J connectivity index is 1.45. The standard InChI is InChI=1S/C24H30N4O2/c1-19(2)25-24(30)26-22-12-10-21(11-13-22)23(29)28-17-15-27(16-18-28)14-6-9-20-7-4-3-5-8-20/h3-13,19H,14-18H2,1-2H3,(H2,25,26,30). The molecule has 3 amide bonds. The summed E-state index contributed by atoms with van der Waals surface area (Å²) in [6, 6.07) is 17.1.